The van der Waals surface area contributed by atoms with Crippen LogP contribution in [-0.2, 0) is 6.54 Å². The second-order valence-electron chi connectivity index (χ2n) is 4.51. The van der Waals surface area contributed by atoms with E-state index in [9.17, 15) is 0 Å². The van der Waals surface area contributed by atoms with Crippen molar-refractivity contribution in [2.45, 2.75) is 13.5 Å². The van der Waals surface area contributed by atoms with E-state index in [2.05, 4.69) is 5.32 Å². The summed E-state index contributed by atoms with van der Waals surface area (Å²) in [6.45, 7) is 2.65. The zero-order valence-electron chi connectivity index (χ0n) is 11.9. The van der Waals surface area contributed by atoms with E-state index in [-0.39, 0.29) is 0 Å². The second-order valence-corrected chi connectivity index (χ2v) is 4.92. The van der Waals surface area contributed by atoms with Gasteiger partial charge in [-0.25, -0.2) is 0 Å². The predicted molar refractivity (Wildman–Crippen MR) is 83.1 cm³/mol. The van der Waals surface area contributed by atoms with Gasteiger partial charge in [-0.1, -0.05) is 17.7 Å². The molecule has 2 rings (SSSR count). The number of anilines is 1. The molecule has 3 nitrogen and oxygen atoms in total. The van der Waals surface area contributed by atoms with Gasteiger partial charge in [0.25, 0.3) is 0 Å². The fourth-order valence-corrected chi connectivity index (χ4v) is 2.25. The van der Waals surface area contributed by atoms with Crippen LogP contribution < -0.4 is 14.8 Å². The Morgan fingerprint density at radius 1 is 1.05 bits per heavy atom. The molecule has 4 heteroatoms. The highest BCUT2D eigenvalue weighted by molar-refractivity contribution is 6.33. The molecule has 0 bridgehead atoms. The molecule has 0 aliphatic carbocycles. The van der Waals surface area contributed by atoms with Crippen LogP contribution >= 0.6 is 11.6 Å². The lowest BCUT2D eigenvalue weighted by molar-refractivity contribution is 0.391. The van der Waals surface area contributed by atoms with Crippen LogP contribution in [0.1, 0.15) is 11.1 Å². The first kappa shape index (κ1) is 14.5. The molecule has 0 spiro atoms. The SMILES string of the molecule is COc1ccc(CNc2ccc(C)cc2Cl)c(OC)c1. The number of aryl methyl sites for hydroxylation is 1. The number of benzene rings is 2. The Balaban J connectivity index is 2.14. The topological polar surface area (TPSA) is 30.5 Å². The Labute approximate surface area is 124 Å². The van der Waals surface area contributed by atoms with Crippen molar-refractivity contribution in [1.82, 2.24) is 0 Å². The van der Waals surface area contributed by atoms with Crippen LogP contribution in [0.3, 0.4) is 0 Å². The molecule has 0 unspecified atom stereocenters. The summed E-state index contributed by atoms with van der Waals surface area (Å²) in [5, 5.41) is 4.04. The molecule has 2 aromatic rings. The fourth-order valence-electron chi connectivity index (χ4n) is 1.95. The standard InChI is InChI=1S/C16H18ClNO2/c1-11-4-7-15(14(17)8-11)18-10-12-5-6-13(19-2)9-16(12)20-3/h4-9,18H,10H2,1-3H3. The van der Waals surface area contributed by atoms with Gasteiger partial charge in [-0.05, 0) is 36.8 Å². The van der Waals surface area contributed by atoms with Gasteiger partial charge in [0.2, 0.25) is 0 Å². The number of halogens is 1. The van der Waals surface area contributed by atoms with Crippen LogP contribution in [0.15, 0.2) is 36.4 Å². The quantitative estimate of drug-likeness (QED) is 0.892. The summed E-state index contributed by atoms with van der Waals surface area (Å²) in [5.74, 6) is 1.57. The van der Waals surface area contributed by atoms with Crippen LogP contribution in [0.2, 0.25) is 5.02 Å². The van der Waals surface area contributed by atoms with Crippen molar-refractivity contribution < 1.29 is 9.47 Å². The van der Waals surface area contributed by atoms with Gasteiger partial charge >= 0.3 is 0 Å². The third kappa shape index (κ3) is 3.36. The zero-order valence-corrected chi connectivity index (χ0v) is 12.6. The summed E-state index contributed by atoms with van der Waals surface area (Å²) < 4.78 is 10.6. The van der Waals surface area contributed by atoms with Gasteiger partial charge in [-0.2, -0.15) is 0 Å². The fraction of sp³-hybridized carbons (Fsp3) is 0.250. The average Bonchev–Trinajstić information content (AvgIpc) is 2.46. The van der Waals surface area contributed by atoms with Crippen LogP contribution in [0.5, 0.6) is 11.5 Å². The minimum atomic E-state index is 0.635. The average molecular weight is 292 g/mol. The maximum atomic E-state index is 6.20. The van der Waals surface area contributed by atoms with Gasteiger partial charge in [-0.15, -0.1) is 0 Å². The van der Waals surface area contributed by atoms with Crippen LogP contribution in [0.4, 0.5) is 5.69 Å². The molecule has 20 heavy (non-hydrogen) atoms. The van der Waals surface area contributed by atoms with E-state index in [0.29, 0.717) is 6.54 Å². The van der Waals surface area contributed by atoms with Crippen molar-refractivity contribution in [3.63, 3.8) is 0 Å². The van der Waals surface area contributed by atoms with E-state index >= 15 is 0 Å². The van der Waals surface area contributed by atoms with Crippen LogP contribution in [0.25, 0.3) is 0 Å². The van der Waals surface area contributed by atoms with Gasteiger partial charge in [0.15, 0.2) is 0 Å². The molecule has 0 saturated heterocycles. The van der Waals surface area contributed by atoms with E-state index in [0.717, 1.165) is 33.3 Å². The van der Waals surface area contributed by atoms with Crippen molar-refractivity contribution in [2.24, 2.45) is 0 Å². The highest BCUT2D eigenvalue weighted by Crippen LogP contribution is 2.27. The molecule has 0 atom stereocenters. The highest BCUT2D eigenvalue weighted by atomic mass is 35.5. The number of ether oxygens (including phenoxy) is 2. The summed E-state index contributed by atoms with van der Waals surface area (Å²) in [5.41, 5.74) is 3.10. The Bertz CT molecular complexity index is 599. The van der Waals surface area contributed by atoms with Crippen LogP contribution in [0, 0.1) is 6.92 Å². The highest BCUT2D eigenvalue weighted by Gasteiger charge is 2.06. The Kier molecular flexibility index (Phi) is 4.74. The van der Waals surface area contributed by atoms with Gasteiger partial charge in [0, 0.05) is 18.2 Å². The minimum Gasteiger partial charge on any atom is -0.497 e. The number of rotatable bonds is 5. The molecule has 0 radical (unpaired) electrons. The summed E-state index contributed by atoms with van der Waals surface area (Å²) in [6, 6.07) is 11.7. The maximum Gasteiger partial charge on any atom is 0.127 e. The number of nitrogens with one attached hydrogen (secondary N) is 1. The summed E-state index contributed by atoms with van der Waals surface area (Å²) in [4.78, 5) is 0. The molecular weight excluding hydrogens is 274 g/mol. The van der Waals surface area contributed by atoms with Gasteiger partial charge in [0.1, 0.15) is 11.5 Å². The molecule has 0 amide bonds. The number of hydrogen-bond acceptors (Lipinski definition) is 3. The Hall–Kier alpha value is -1.87. The lowest BCUT2D eigenvalue weighted by Gasteiger charge is -2.13. The van der Waals surface area contributed by atoms with E-state index < -0.39 is 0 Å². The van der Waals surface area contributed by atoms with Gasteiger partial charge < -0.3 is 14.8 Å². The van der Waals surface area contributed by atoms with E-state index in [4.69, 9.17) is 21.1 Å². The van der Waals surface area contributed by atoms with Crippen molar-refractivity contribution in [3.05, 3.63) is 52.5 Å². The first-order chi connectivity index (χ1) is 9.63. The molecule has 0 aliphatic rings. The second kappa shape index (κ2) is 6.53. The molecule has 1 N–H and O–H groups in total. The van der Waals surface area contributed by atoms with Crippen LogP contribution in [-0.4, -0.2) is 14.2 Å². The van der Waals surface area contributed by atoms with Gasteiger partial charge in [0.05, 0.1) is 24.9 Å². The lowest BCUT2D eigenvalue weighted by Crippen LogP contribution is -2.02. The van der Waals surface area contributed by atoms with Crippen molar-refractivity contribution in [2.75, 3.05) is 19.5 Å². The lowest BCUT2D eigenvalue weighted by atomic mass is 10.1. The summed E-state index contributed by atoms with van der Waals surface area (Å²) in [7, 11) is 3.29. The third-order valence-corrected chi connectivity index (χ3v) is 3.40. The van der Waals surface area contributed by atoms with Crippen molar-refractivity contribution >= 4 is 17.3 Å². The number of methoxy groups -OCH3 is 2. The third-order valence-electron chi connectivity index (χ3n) is 3.09. The molecule has 106 valence electrons. The molecule has 0 fully saturated rings. The zero-order chi connectivity index (χ0) is 14.5. The predicted octanol–water partition coefficient (Wildman–Crippen LogP) is 4.28. The Morgan fingerprint density at radius 3 is 2.50 bits per heavy atom. The largest absolute Gasteiger partial charge is 0.497 e. The van der Waals surface area contributed by atoms with Crippen molar-refractivity contribution in [1.29, 1.82) is 0 Å². The van der Waals surface area contributed by atoms with E-state index in [1.54, 1.807) is 14.2 Å². The molecule has 0 aromatic heterocycles. The molecule has 2 aromatic carbocycles. The number of hydrogen-bond donors (Lipinski definition) is 1. The van der Waals surface area contributed by atoms with Crippen molar-refractivity contribution in [3.8, 4) is 11.5 Å². The molecule has 0 heterocycles. The molecule has 0 saturated carbocycles. The summed E-state index contributed by atoms with van der Waals surface area (Å²) >= 11 is 6.20. The summed E-state index contributed by atoms with van der Waals surface area (Å²) in [6.07, 6.45) is 0. The van der Waals surface area contributed by atoms with E-state index in [1.807, 2.05) is 43.3 Å². The monoisotopic (exact) mass is 291 g/mol. The van der Waals surface area contributed by atoms with E-state index in [1.165, 1.54) is 0 Å². The normalized spacial score (nSPS) is 10.2. The van der Waals surface area contributed by atoms with Gasteiger partial charge in [-0.3, -0.25) is 0 Å². The smallest absolute Gasteiger partial charge is 0.127 e. The minimum absolute atomic E-state index is 0.635. The molecule has 0 aliphatic heterocycles. The maximum absolute atomic E-state index is 6.20. The first-order valence-electron chi connectivity index (χ1n) is 6.35. The Morgan fingerprint density at radius 2 is 1.85 bits per heavy atom. The first-order valence-corrected chi connectivity index (χ1v) is 6.72. The molecular formula is C16H18ClNO2.